The van der Waals surface area contributed by atoms with Crippen molar-refractivity contribution in [3.05, 3.63) is 58.1 Å². The summed E-state index contributed by atoms with van der Waals surface area (Å²) in [6.07, 6.45) is 2.20. The fourth-order valence-corrected chi connectivity index (χ4v) is 3.35. The quantitative estimate of drug-likeness (QED) is 0.691. The Morgan fingerprint density at radius 1 is 1.27 bits per heavy atom. The van der Waals surface area contributed by atoms with E-state index in [0.717, 1.165) is 36.3 Å². The van der Waals surface area contributed by atoms with Gasteiger partial charge in [-0.05, 0) is 58.5 Å². The second-order valence-electron chi connectivity index (χ2n) is 6.26. The molecule has 0 radical (unpaired) electrons. The van der Waals surface area contributed by atoms with E-state index in [1.807, 2.05) is 24.3 Å². The van der Waals surface area contributed by atoms with E-state index >= 15 is 0 Å². The highest BCUT2D eigenvalue weighted by Gasteiger charge is 2.32. The maximum Gasteiger partial charge on any atom is 0.238 e. The highest BCUT2D eigenvalue weighted by molar-refractivity contribution is 9.10. The summed E-state index contributed by atoms with van der Waals surface area (Å²) < 4.78 is 32.3. The molecule has 1 unspecified atom stereocenters. The number of hydrogen-bond acceptors (Lipinski definition) is 3. The highest BCUT2D eigenvalue weighted by Crippen LogP contribution is 2.41. The summed E-state index contributed by atoms with van der Waals surface area (Å²) in [5, 5.41) is 5.72. The number of rotatable bonds is 7. The first-order valence-electron chi connectivity index (χ1n) is 8.29. The summed E-state index contributed by atoms with van der Waals surface area (Å²) in [6, 6.07) is 9.61. The van der Waals surface area contributed by atoms with Gasteiger partial charge in [0.15, 0.2) is 5.82 Å². The highest BCUT2D eigenvalue weighted by atomic mass is 79.9. The number of nitrogens with one attached hydrogen (secondary N) is 2. The van der Waals surface area contributed by atoms with Crippen LogP contribution in [0.15, 0.2) is 40.9 Å². The zero-order chi connectivity index (χ0) is 18.7. The summed E-state index contributed by atoms with van der Waals surface area (Å²) in [4.78, 5) is 12.2. The molecule has 4 nitrogen and oxygen atoms in total. The predicted octanol–water partition coefficient (Wildman–Crippen LogP) is 4.42. The van der Waals surface area contributed by atoms with E-state index in [9.17, 15) is 13.6 Å². The molecule has 0 saturated heterocycles. The van der Waals surface area contributed by atoms with Crippen LogP contribution in [0.5, 0.6) is 5.75 Å². The molecule has 1 amide bonds. The molecule has 26 heavy (non-hydrogen) atoms. The van der Waals surface area contributed by atoms with E-state index in [1.165, 1.54) is 0 Å². The third-order valence-corrected chi connectivity index (χ3v) is 4.95. The van der Waals surface area contributed by atoms with Gasteiger partial charge in [-0.15, -0.1) is 0 Å². The molecular weight excluding hydrogens is 406 g/mol. The first kappa shape index (κ1) is 18.8. The number of methoxy groups -OCH3 is 1. The lowest BCUT2D eigenvalue weighted by Gasteiger charge is -2.19. The first-order chi connectivity index (χ1) is 12.5. The maximum atomic E-state index is 13.8. The van der Waals surface area contributed by atoms with Crippen molar-refractivity contribution in [2.75, 3.05) is 19.0 Å². The van der Waals surface area contributed by atoms with Crippen molar-refractivity contribution in [3.63, 3.8) is 0 Å². The van der Waals surface area contributed by atoms with Gasteiger partial charge in [0, 0.05) is 16.6 Å². The summed E-state index contributed by atoms with van der Waals surface area (Å²) in [5.74, 6) is -0.670. The fraction of sp³-hybridized carbons (Fsp3) is 0.316. The predicted molar refractivity (Wildman–Crippen MR) is 99.1 cm³/mol. The average Bonchev–Trinajstić information content (AvgIpc) is 3.44. The Bertz CT molecular complexity index is 772. The molecule has 1 saturated carbocycles. The van der Waals surface area contributed by atoms with Gasteiger partial charge in [0.2, 0.25) is 5.91 Å². The van der Waals surface area contributed by atoms with Crippen LogP contribution in [0.1, 0.15) is 24.4 Å². The Hall–Kier alpha value is -1.99. The van der Waals surface area contributed by atoms with Crippen LogP contribution in [0.2, 0.25) is 0 Å². The van der Waals surface area contributed by atoms with Crippen molar-refractivity contribution < 1.29 is 18.3 Å². The van der Waals surface area contributed by atoms with Gasteiger partial charge in [0.05, 0.1) is 19.3 Å². The number of benzene rings is 2. The Kier molecular flexibility index (Phi) is 5.88. The van der Waals surface area contributed by atoms with E-state index in [1.54, 1.807) is 7.11 Å². The van der Waals surface area contributed by atoms with Crippen LogP contribution in [0.25, 0.3) is 0 Å². The molecule has 0 heterocycles. The molecule has 138 valence electrons. The molecule has 0 aliphatic heterocycles. The first-order valence-corrected chi connectivity index (χ1v) is 9.09. The second kappa shape index (κ2) is 8.14. The summed E-state index contributed by atoms with van der Waals surface area (Å²) in [7, 11) is 1.61. The molecule has 1 atom stereocenters. The van der Waals surface area contributed by atoms with Crippen molar-refractivity contribution in [3.8, 4) is 5.75 Å². The molecular formula is C19H19BrF2N2O2. The third-order valence-electron chi connectivity index (χ3n) is 4.32. The van der Waals surface area contributed by atoms with E-state index in [2.05, 4.69) is 26.6 Å². The van der Waals surface area contributed by atoms with E-state index in [4.69, 9.17) is 4.74 Å². The summed E-state index contributed by atoms with van der Waals surface area (Å²) in [6.45, 7) is 0.0243. The summed E-state index contributed by atoms with van der Waals surface area (Å²) in [5.41, 5.74) is 1.01. The molecule has 1 aliphatic carbocycles. The Labute approximate surface area is 159 Å². The number of hydrogen-bond donors (Lipinski definition) is 2. The van der Waals surface area contributed by atoms with Gasteiger partial charge in [0.1, 0.15) is 11.6 Å². The molecule has 0 bridgehead atoms. The SMILES string of the molecule is COc1ccc(C(NCC(=O)Nc2c(F)cc(F)cc2Br)C2CC2)cc1. The van der Waals surface area contributed by atoms with Gasteiger partial charge in [0.25, 0.3) is 0 Å². The van der Waals surface area contributed by atoms with Gasteiger partial charge in [-0.25, -0.2) is 8.78 Å². The Balaban J connectivity index is 1.63. The summed E-state index contributed by atoms with van der Waals surface area (Å²) >= 11 is 3.06. The van der Waals surface area contributed by atoms with E-state index < -0.39 is 17.5 Å². The van der Waals surface area contributed by atoms with Gasteiger partial charge in [-0.3, -0.25) is 4.79 Å². The van der Waals surface area contributed by atoms with Crippen molar-refractivity contribution in [1.29, 1.82) is 0 Å². The lowest BCUT2D eigenvalue weighted by molar-refractivity contribution is -0.115. The number of amides is 1. The van der Waals surface area contributed by atoms with Gasteiger partial charge in [-0.1, -0.05) is 12.1 Å². The fourth-order valence-electron chi connectivity index (χ4n) is 2.85. The van der Waals surface area contributed by atoms with Crippen molar-refractivity contribution >= 4 is 27.5 Å². The number of carbonyl (C=O) groups excluding carboxylic acids is 1. The molecule has 2 N–H and O–H groups in total. The van der Waals surface area contributed by atoms with Crippen LogP contribution in [0, 0.1) is 17.6 Å². The molecule has 1 fully saturated rings. The molecule has 7 heteroatoms. The van der Waals surface area contributed by atoms with E-state index in [0.29, 0.717) is 5.92 Å². The molecule has 3 rings (SSSR count). The van der Waals surface area contributed by atoms with Gasteiger partial charge >= 0.3 is 0 Å². The third kappa shape index (κ3) is 4.59. The molecule has 2 aromatic carbocycles. The number of anilines is 1. The number of halogens is 3. The molecule has 2 aromatic rings. The lowest BCUT2D eigenvalue weighted by Crippen LogP contribution is -2.32. The maximum absolute atomic E-state index is 13.8. The van der Waals surface area contributed by atoms with Crippen LogP contribution in [0.4, 0.5) is 14.5 Å². The van der Waals surface area contributed by atoms with Crippen LogP contribution in [-0.4, -0.2) is 19.6 Å². The Morgan fingerprint density at radius 3 is 2.54 bits per heavy atom. The van der Waals surface area contributed by atoms with Crippen LogP contribution >= 0.6 is 15.9 Å². The number of ether oxygens (including phenoxy) is 1. The zero-order valence-corrected chi connectivity index (χ0v) is 15.8. The minimum absolute atomic E-state index is 0.0243. The largest absolute Gasteiger partial charge is 0.497 e. The Morgan fingerprint density at radius 2 is 1.96 bits per heavy atom. The zero-order valence-electron chi connectivity index (χ0n) is 14.2. The minimum atomic E-state index is -0.820. The smallest absolute Gasteiger partial charge is 0.238 e. The van der Waals surface area contributed by atoms with Crippen molar-refractivity contribution in [2.45, 2.75) is 18.9 Å². The molecule has 0 aromatic heterocycles. The van der Waals surface area contributed by atoms with Crippen molar-refractivity contribution in [1.82, 2.24) is 5.32 Å². The number of carbonyl (C=O) groups is 1. The lowest BCUT2D eigenvalue weighted by atomic mass is 10.0. The average molecular weight is 425 g/mol. The molecule has 0 spiro atoms. The molecule has 1 aliphatic rings. The van der Waals surface area contributed by atoms with Crippen LogP contribution < -0.4 is 15.4 Å². The van der Waals surface area contributed by atoms with Gasteiger partial charge in [-0.2, -0.15) is 0 Å². The van der Waals surface area contributed by atoms with E-state index in [-0.39, 0.29) is 22.7 Å². The van der Waals surface area contributed by atoms with Gasteiger partial charge < -0.3 is 15.4 Å². The monoisotopic (exact) mass is 424 g/mol. The normalized spacial score (nSPS) is 14.8. The minimum Gasteiger partial charge on any atom is -0.497 e. The van der Waals surface area contributed by atoms with Crippen molar-refractivity contribution in [2.24, 2.45) is 5.92 Å². The second-order valence-corrected chi connectivity index (χ2v) is 7.12. The van der Waals surface area contributed by atoms with Crippen LogP contribution in [0.3, 0.4) is 0 Å². The van der Waals surface area contributed by atoms with Crippen LogP contribution in [-0.2, 0) is 4.79 Å². The standard InChI is InChI=1S/C19H19BrF2N2O2/c1-26-14-6-4-12(5-7-14)18(11-2-3-11)23-10-17(25)24-19-15(20)8-13(21)9-16(19)22/h4-9,11,18,23H,2-3,10H2,1H3,(H,24,25). The topological polar surface area (TPSA) is 50.4 Å².